The molecule has 0 saturated carbocycles. The average Bonchev–Trinajstić information content (AvgIpc) is 3.32. The van der Waals surface area contributed by atoms with Crippen molar-refractivity contribution < 1.29 is 9.26 Å². The fourth-order valence-corrected chi connectivity index (χ4v) is 3.64. The predicted molar refractivity (Wildman–Crippen MR) is 99.9 cm³/mol. The minimum atomic E-state index is 0.384. The number of hydrogen-bond acceptors (Lipinski definition) is 5. The summed E-state index contributed by atoms with van der Waals surface area (Å²) in [6.07, 6.45) is 2.32. The largest absolute Gasteiger partial charge is 0.497 e. The smallest absolute Gasteiger partial charge is 0.241 e. The Kier molecular flexibility index (Phi) is 4.71. The van der Waals surface area contributed by atoms with Crippen LogP contribution < -0.4 is 4.74 Å². The third-order valence-electron chi connectivity index (χ3n) is 5.06. The van der Waals surface area contributed by atoms with Crippen molar-refractivity contribution in [2.75, 3.05) is 13.7 Å². The first-order chi connectivity index (χ1) is 12.7. The standard InChI is InChI=1S/C21H23N3O2/c1-15-6-3-4-7-18(15)21-22-20(26-23-21)14-24-13-5-8-19(24)16-9-11-17(25-2)12-10-16/h3-4,6-7,9-12,19H,5,8,13-14H2,1-2H3. The number of hydrogen-bond donors (Lipinski definition) is 0. The summed E-state index contributed by atoms with van der Waals surface area (Å²) in [6.45, 7) is 3.78. The van der Waals surface area contributed by atoms with Crippen LogP contribution in [0.3, 0.4) is 0 Å². The van der Waals surface area contributed by atoms with Gasteiger partial charge in [-0.3, -0.25) is 4.90 Å². The Bertz CT molecular complexity index is 873. The maximum atomic E-state index is 5.53. The highest BCUT2D eigenvalue weighted by Crippen LogP contribution is 2.34. The van der Waals surface area contributed by atoms with E-state index in [-0.39, 0.29) is 0 Å². The molecule has 0 radical (unpaired) electrons. The molecular weight excluding hydrogens is 326 g/mol. The molecule has 1 unspecified atom stereocenters. The van der Waals surface area contributed by atoms with Gasteiger partial charge in [0.1, 0.15) is 5.75 Å². The van der Waals surface area contributed by atoms with E-state index in [1.165, 1.54) is 12.0 Å². The van der Waals surface area contributed by atoms with Gasteiger partial charge in [0.05, 0.1) is 13.7 Å². The van der Waals surface area contributed by atoms with E-state index >= 15 is 0 Å². The highest BCUT2D eigenvalue weighted by molar-refractivity contribution is 5.58. The zero-order chi connectivity index (χ0) is 17.9. The molecule has 26 heavy (non-hydrogen) atoms. The summed E-state index contributed by atoms with van der Waals surface area (Å²) < 4.78 is 10.8. The van der Waals surface area contributed by atoms with Gasteiger partial charge < -0.3 is 9.26 Å². The van der Waals surface area contributed by atoms with Gasteiger partial charge in [0, 0.05) is 11.6 Å². The van der Waals surface area contributed by atoms with E-state index in [9.17, 15) is 0 Å². The van der Waals surface area contributed by atoms with Gasteiger partial charge in [0.15, 0.2) is 0 Å². The first kappa shape index (κ1) is 16.8. The zero-order valence-corrected chi connectivity index (χ0v) is 15.2. The van der Waals surface area contributed by atoms with Crippen LogP contribution in [0.1, 0.15) is 35.9 Å². The molecule has 1 atom stereocenters. The summed E-state index contributed by atoms with van der Waals surface area (Å²) >= 11 is 0. The minimum Gasteiger partial charge on any atom is -0.497 e. The van der Waals surface area contributed by atoms with Crippen LogP contribution in [-0.2, 0) is 6.54 Å². The lowest BCUT2D eigenvalue weighted by Crippen LogP contribution is -2.22. The summed E-state index contributed by atoms with van der Waals surface area (Å²) in [5.41, 5.74) is 3.48. The van der Waals surface area contributed by atoms with Crippen molar-refractivity contribution in [3.63, 3.8) is 0 Å². The molecule has 2 aromatic carbocycles. The molecule has 1 fully saturated rings. The Balaban J connectivity index is 1.50. The van der Waals surface area contributed by atoms with E-state index in [0.29, 0.717) is 24.3 Å². The summed E-state index contributed by atoms with van der Waals surface area (Å²) in [7, 11) is 1.69. The molecule has 0 bridgehead atoms. The number of aryl methyl sites for hydroxylation is 1. The fourth-order valence-electron chi connectivity index (χ4n) is 3.64. The van der Waals surface area contributed by atoms with Crippen LogP contribution in [0.4, 0.5) is 0 Å². The van der Waals surface area contributed by atoms with Crippen LogP contribution in [0, 0.1) is 6.92 Å². The van der Waals surface area contributed by atoms with Crippen molar-refractivity contribution >= 4 is 0 Å². The molecule has 1 aliphatic heterocycles. The molecule has 1 aliphatic rings. The highest BCUT2D eigenvalue weighted by atomic mass is 16.5. The van der Waals surface area contributed by atoms with Crippen molar-refractivity contribution in [3.8, 4) is 17.1 Å². The van der Waals surface area contributed by atoms with Crippen molar-refractivity contribution in [1.29, 1.82) is 0 Å². The predicted octanol–water partition coefficient (Wildman–Crippen LogP) is 4.39. The summed E-state index contributed by atoms with van der Waals surface area (Å²) in [4.78, 5) is 7.03. The summed E-state index contributed by atoms with van der Waals surface area (Å²) in [5.74, 6) is 2.22. The second-order valence-electron chi connectivity index (χ2n) is 6.73. The lowest BCUT2D eigenvalue weighted by Gasteiger charge is -2.23. The van der Waals surface area contributed by atoms with Crippen LogP contribution >= 0.6 is 0 Å². The highest BCUT2D eigenvalue weighted by Gasteiger charge is 2.27. The van der Waals surface area contributed by atoms with E-state index < -0.39 is 0 Å². The van der Waals surface area contributed by atoms with Crippen LogP contribution in [0.5, 0.6) is 5.75 Å². The number of aromatic nitrogens is 2. The van der Waals surface area contributed by atoms with Gasteiger partial charge in [0.25, 0.3) is 0 Å². The Morgan fingerprint density at radius 1 is 1.15 bits per heavy atom. The van der Waals surface area contributed by atoms with Crippen LogP contribution in [0.15, 0.2) is 53.1 Å². The first-order valence-corrected chi connectivity index (χ1v) is 9.01. The van der Waals surface area contributed by atoms with E-state index in [1.807, 2.05) is 30.3 Å². The number of benzene rings is 2. The zero-order valence-electron chi connectivity index (χ0n) is 15.2. The van der Waals surface area contributed by atoms with E-state index in [1.54, 1.807) is 7.11 Å². The molecule has 1 aromatic heterocycles. The van der Waals surface area contributed by atoms with Gasteiger partial charge in [-0.05, 0) is 49.6 Å². The van der Waals surface area contributed by atoms with Crippen molar-refractivity contribution in [2.24, 2.45) is 0 Å². The van der Waals surface area contributed by atoms with Crippen molar-refractivity contribution in [3.05, 3.63) is 65.5 Å². The van der Waals surface area contributed by atoms with Gasteiger partial charge in [-0.25, -0.2) is 0 Å². The molecule has 0 aliphatic carbocycles. The SMILES string of the molecule is COc1ccc(C2CCCN2Cc2nc(-c3ccccc3C)no2)cc1. The molecule has 1 saturated heterocycles. The molecule has 5 heteroatoms. The number of ether oxygens (including phenoxy) is 1. The normalized spacial score (nSPS) is 17.5. The Morgan fingerprint density at radius 2 is 1.96 bits per heavy atom. The number of nitrogens with zero attached hydrogens (tertiary/aromatic N) is 3. The van der Waals surface area contributed by atoms with Crippen molar-refractivity contribution in [1.82, 2.24) is 15.0 Å². The van der Waals surface area contributed by atoms with Gasteiger partial charge in [0.2, 0.25) is 11.7 Å². The second-order valence-corrected chi connectivity index (χ2v) is 6.73. The quantitative estimate of drug-likeness (QED) is 0.684. The monoisotopic (exact) mass is 349 g/mol. The van der Waals surface area contributed by atoms with E-state index in [2.05, 4.69) is 40.2 Å². The second kappa shape index (κ2) is 7.30. The lowest BCUT2D eigenvalue weighted by molar-refractivity contribution is 0.212. The molecule has 0 N–H and O–H groups in total. The number of methoxy groups -OCH3 is 1. The molecule has 5 nitrogen and oxygen atoms in total. The summed E-state index contributed by atoms with van der Waals surface area (Å²) in [6, 6.07) is 16.8. The number of likely N-dealkylation sites (tertiary alicyclic amines) is 1. The fraction of sp³-hybridized carbons (Fsp3) is 0.333. The molecular formula is C21H23N3O2. The van der Waals surface area contributed by atoms with Gasteiger partial charge in [-0.2, -0.15) is 4.98 Å². The maximum Gasteiger partial charge on any atom is 0.241 e. The van der Waals surface area contributed by atoms with Gasteiger partial charge in [-0.1, -0.05) is 41.6 Å². The van der Waals surface area contributed by atoms with Gasteiger partial charge >= 0.3 is 0 Å². The maximum absolute atomic E-state index is 5.53. The number of rotatable bonds is 5. The van der Waals surface area contributed by atoms with E-state index in [4.69, 9.17) is 9.26 Å². The van der Waals surface area contributed by atoms with Crippen molar-refractivity contribution in [2.45, 2.75) is 32.4 Å². The molecule has 134 valence electrons. The third-order valence-corrected chi connectivity index (χ3v) is 5.06. The Morgan fingerprint density at radius 3 is 2.73 bits per heavy atom. The Labute approximate surface area is 153 Å². The molecule has 0 spiro atoms. The third kappa shape index (κ3) is 3.35. The summed E-state index contributed by atoms with van der Waals surface area (Å²) in [5, 5.41) is 4.18. The first-order valence-electron chi connectivity index (χ1n) is 9.01. The minimum absolute atomic E-state index is 0.384. The molecule has 4 rings (SSSR count). The molecule has 0 amide bonds. The van der Waals surface area contributed by atoms with Crippen LogP contribution in [-0.4, -0.2) is 28.7 Å². The topological polar surface area (TPSA) is 51.4 Å². The molecule has 3 aromatic rings. The molecule has 2 heterocycles. The van der Waals surface area contributed by atoms with Gasteiger partial charge in [-0.15, -0.1) is 0 Å². The van der Waals surface area contributed by atoms with Crippen LogP contribution in [0.2, 0.25) is 0 Å². The van der Waals surface area contributed by atoms with E-state index in [0.717, 1.165) is 29.8 Å². The lowest BCUT2D eigenvalue weighted by atomic mass is 10.0. The van der Waals surface area contributed by atoms with Crippen LogP contribution in [0.25, 0.3) is 11.4 Å². The average molecular weight is 349 g/mol. The Hall–Kier alpha value is -2.66.